The molecule has 0 bridgehead atoms. The Morgan fingerprint density at radius 3 is 2.71 bits per heavy atom. The molecule has 3 nitrogen and oxygen atoms in total. The van der Waals surface area contributed by atoms with Gasteiger partial charge in [0.25, 0.3) is 0 Å². The molecule has 1 aliphatic rings. The van der Waals surface area contributed by atoms with Crippen LogP contribution in [-0.4, -0.2) is 12.0 Å². The Labute approximate surface area is 166 Å². The number of aromatic nitrogens is 1. The molecule has 3 aromatic rings. The normalized spacial score (nSPS) is 13.8. The minimum atomic E-state index is 0.763. The predicted molar refractivity (Wildman–Crippen MR) is 123 cm³/mol. The Hall–Kier alpha value is -3.46. The van der Waals surface area contributed by atoms with Gasteiger partial charge in [-0.2, -0.15) is 0 Å². The molecular formula is C25H25N3. The number of nitrogens with two attached hydrogens (primary N) is 1. The van der Waals surface area contributed by atoms with Crippen LogP contribution >= 0.6 is 0 Å². The van der Waals surface area contributed by atoms with Crippen molar-refractivity contribution in [2.45, 2.75) is 12.8 Å². The van der Waals surface area contributed by atoms with Crippen molar-refractivity contribution in [3.8, 4) is 0 Å². The molecule has 0 spiro atoms. The van der Waals surface area contributed by atoms with Crippen LogP contribution in [0.15, 0.2) is 78.9 Å². The topological polar surface area (TPSA) is 45.0 Å². The SMILES string of the molecule is C=Cc1[nH]c2cc(N(C)c3cccc(N)c3)ccc2c1/C=C/C1=CC=CCC1. The summed E-state index contributed by atoms with van der Waals surface area (Å²) in [4.78, 5) is 5.64. The van der Waals surface area contributed by atoms with Crippen molar-refractivity contribution >= 4 is 40.1 Å². The van der Waals surface area contributed by atoms with Gasteiger partial charge in [-0.15, -0.1) is 0 Å². The third kappa shape index (κ3) is 3.52. The van der Waals surface area contributed by atoms with E-state index < -0.39 is 0 Å². The molecule has 0 radical (unpaired) electrons. The maximum Gasteiger partial charge on any atom is 0.0485 e. The van der Waals surface area contributed by atoms with Crippen LogP contribution in [0.2, 0.25) is 0 Å². The van der Waals surface area contributed by atoms with Crippen molar-refractivity contribution in [2.24, 2.45) is 0 Å². The van der Waals surface area contributed by atoms with Gasteiger partial charge in [-0.25, -0.2) is 0 Å². The van der Waals surface area contributed by atoms with Crippen LogP contribution in [0.1, 0.15) is 24.1 Å². The number of anilines is 3. The first-order valence-electron chi connectivity index (χ1n) is 9.57. The zero-order chi connectivity index (χ0) is 19.5. The lowest BCUT2D eigenvalue weighted by atomic mass is 10.0. The van der Waals surface area contributed by atoms with E-state index in [0.717, 1.165) is 41.1 Å². The van der Waals surface area contributed by atoms with E-state index >= 15 is 0 Å². The number of nitrogen functional groups attached to an aromatic ring is 1. The molecular weight excluding hydrogens is 342 g/mol. The van der Waals surface area contributed by atoms with Crippen molar-refractivity contribution in [1.29, 1.82) is 0 Å². The molecule has 1 aromatic heterocycles. The van der Waals surface area contributed by atoms with E-state index in [2.05, 4.69) is 78.2 Å². The summed E-state index contributed by atoms with van der Waals surface area (Å²) in [7, 11) is 2.05. The van der Waals surface area contributed by atoms with Gasteiger partial charge in [0.05, 0.1) is 0 Å². The van der Waals surface area contributed by atoms with Crippen LogP contribution in [0.4, 0.5) is 17.1 Å². The summed E-state index contributed by atoms with van der Waals surface area (Å²) in [6, 6.07) is 14.4. The quantitative estimate of drug-likeness (QED) is 0.509. The summed E-state index contributed by atoms with van der Waals surface area (Å²) in [5.41, 5.74) is 13.5. The van der Waals surface area contributed by atoms with Gasteiger partial charge in [-0.1, -0.05) is 49.1 Å². The maximum atomic E-state index is 5.94. The fourth-order valence-electron chi connectivity index (χ4n) is 3.61. The number of benzene rings is 2. The van der Waals surface area contributed by atoms with Crippen molar-refractivity contribution < 1.29 is 0 Å². The highest BCUT2D eigenvalue weighted by molar-refractivity contribution is 5.95. The molecule has 0 amide bonds. The van der Waals surface area contributed by atoms with E-state index in [1.54, 1.807) is 0 Å². The first-order valence-corrected chi connectivity index (χ1v) is 9.57. The largest absolute Gasteiger partial charge is 0.399 e. The highest BCUT2D eigenvalue weighted by atomic mass is 15.1. The van der Waals surface area contributed by atoms with Crippen LogP contribution in [-0.2, 0) is 0 Å². The van der Waals surface area contributed by atoms with Crippen molar-refractivity contribution in [3.05, 3.63) is 90.2 Å². The minimum Gasteiger partial charge on any atom is -0.399 e. The molecule has 4 rings (SSSR count). The number of nitrogens with zero attached hydrogens (tertiary/aromatic N) is 1. The Morgan fingerprint density at radius 1 is 1.11 bits per heavy atom. The first kappa shape index (κ1) is 17.9. The zero-order valence-corrected chi connectivity index (χ0v) is 16.2. The zero-order valence-electron chi connectivity index (χ0n) is 16.2. The fraction of sp³-hybridized carbons (Fsp3) is 0.120. The number of hydrogen-bond donors (Lipinski definition) is 2. The maximum absolute atomic E-state index is 5.94. The van der Waals surface area contributed by atoms with E-state index in [9.17, 15) is 0 Å². The molecule has 140 valence electrons. The molecule has 1 aliphatic carbocycles. The molecule has 3 heteroatoms. The molecule has 0 fully saturated rings. The highest BCUT2D eigenvalue weighted by Gasteiger charge is 2.11. The van der Waals surface area contributed by atoms with Crippen molar-refractivity contribution in [2.75, 3.05) is 17.7 Å². The smallest absolute Gasteiger partial charge is 0.0485 e. The molecule has 0 saturated heterocycles. The molecule has 0 saturated carbocycles. The van der Waals surface area contributed by atoms with E-state index in [0.29, 0.717) is 0 Å². The third-order valence-corrected chi connectivity index (χ3v) is 5.21. The van der Waals surface area contributed by atoms with E-state index in [-0.39, 0.29) is 0 Å². The van der Waals surface area contributed by atoms with Crippen LogP contribution in [0, 0.1) is 0 Å². The number of H-pyrrole nitrogens is 1. The number of nitrogens with one attached hydrogen (secondary N) is 1. The number of fused-ring (bicyclic) bond motifs is 1. The van der Waals surface area contributed by atoms with Crippen LogP contribution < -0.4 is 10.6 Å². The van der Waals surface area contributed by atoms with Gasteiger partial charge in [0.2, 0.25) is 0 Å². The highest BCUT2D eigenvalue weighted by Crippen LogP contribution is 2.32. The van der Waals surface area contributed by atoms with Gasteiger partial charge in [0.15, 0.2) is 0 Å². The Balaban J connectivity index is 1.71. The number of allylic oxidation sites excluding steroid dienone is 5. The average molecular weight is 367 g/mol. The molecule has 3 N–H and O–H groups in total. The number of hydrogen-bond acceptors (Lipinski definition) is 2. The predicted octanol–water partition coefficient (Wildman–Crippen LogP) is 6.45. The lowest BCUT2D eigenvalue weighted by Crippen LogP contribution is -2.09. The van der Waals surface area contributed by atoms with Gasteiger partial charge >= 0.3 is 0 Å². The van der Waals surface area contributed by atoms with Gasteiger partial charge in [-0.05, 0) is 54.8 Å². The van der Waals surface area contributed by atoms with Crippen molar-refractivity contribution in [3.63, 3.8) is 0 Å². The molecule has 28 heavy (non-hydrogen) atoms. The Kier molecular flexibility index (Phi) is 4.90. The van der Waals surface area contributed by atoms with Crippen LogP contribution in [0.25, 0.3) is 23.1 Å². The van der Waals surface area contributed by atoms with Gasteiger partial charge < -0.3 is 15.6 Å². The molecule has 1 heterocycles. The number of aromatic amines is 1. The summed E-state index contributed by atoms with van der Waals surface area (Å²) in [5, 5.41) is 1.20. The molecule has 0 atom stereocenters. The monoisotopic (exact) mass is 367 g/mol. The van der Waals surface area contributed by atoms with E-state index in [1.165, 1.54) is 16.5 Å². The summed E-state index contributed by atoms with van der Waals surface area (Å²) in [6.07, 6.45) is 15.0. The molecule has 0 aliphatic heterocycles. The second kappa shape index (κ2) is 7.65. The third-order valence-electron chi connectivity index (χ3n) is 5.21. The number of rotatable bonds is 5. The van der Waals surface area contributed by atoms with Crippen LogP contribution in [0.5, 0.6) is 0 Å². The Bertz CT molecular complexity index is 1110. The van der Waals surface area contributed by atoms with Crippen molar-refractivity contribution in [1.82, 2.24) is 4.98 Å². The van der Waals surface area contributed by atoms with Gasteiger partial charge in [-0.3, -0.25) is 0 Å². The molecule has 2 aromatic carbocycles. The second-order valence-electron chi connectivity index (χ2n) is 7.08. The first-order chi connectivity index (χ1) is 13.7. The lowest BCUT2D eigenvalue weighted by molar-refractivity contribution is 0.992. The van der Waals surface area contributed by atoms with E-state index in [4.69, 9.17) is 5.73 Å². The summed E-state index contributed by atoms with van der Waals surface area (Å²) in [6.45, 7) is 3.98. The fourth-order valence-corrected chi connectivity index (χ4v) is 3.61. The standard InChI is InChI=1S/C25H25N3/c1-3-24-22(14-12-18-8-5-4-6-9-18)23-15-13-21(17-25(23)27-24)28(2)20-11-7-10-19(26)16-20/h3-5,7-8,10-17,27H,1,6,9,26H2,2H3/b14-12+. The lowest BCUT2D eigenvalue weighted by Gasteiger charge is -2.20. The second-order valence-corrected chi connectivity index (χ2v) is 7.08. The summed E-state index contributed by atoms with van der Waals surface area (Å²) in [5.74, 6) is 0. The van der Waals surface area contributed by atoms with E-state index in [1.807, 2.05) is 24.3 Å². The minimum absolute atomic E-state index is 0.763. The van der Waals surface area contributed by atoms with Gasteiger partial charge in [0, 0.05) is 46.3 Å². The summed E-state index contributed by atoms with van der Waals surface area (Å²) >= 11 is 0. The Morgan fingerprint density at radius 2 is 1.96 bits per heavy atom. The average Bonchev–Trinajstić information content (AvgIpc) is 3.09. The van der Waals surface area contributed by atoms with Gasteiger partial charge in [0.1, 0.15) is 0 Å². The van der Waals surface area contributed by atoms with Crippen LogP contribution in [0.3, 0.4) is 0 Å². The summed E-state index contributed by atoms with van der Waals surface area (Å²) < 4.78 is 0. The molecule has 0 unspecified atom stereocenters.